The van der Waals surface area contributed by atoms with E-state index < -0.39 is 12.1 Å². The van der Waals surface area contributed by atoms with Crippen LogP contribution in [0.5, 0.6) is 0 Å². The minimum Gasteiger partial charge on any atom is -0.446 e. The fourth-order valence-electron chi connectivity index (χ4n) is 1.70. The molecule has 0 saturated carbocycles. The van der Waals surface area contributed by atoms with E-state index in [-0.39, 0.29) is 23.5 Å². The standard InChI is InChI=1S/C14H25N3O3/c1-8(2)5-6-9(3)16-13(19)11-7-20-14(17-11)12(15)10(4)18/h7-10,12,18H,5-6,15H2,1-4H3,(H,16,19). The molecule has 0 aliphatic carbocycles. The van der Waals surface area contributed by atoms with Crippen LogP contribution in [0, 0.1) is 5.92 Å². The number of carbonyl (C=O) groups excluding carboxylic acids is 1. The van der Waals surface area contributed by atoms with Gasteiger partial charge in [0.05, 0.1) is 6.10 Å². The second-order valence-corrected chi connectivity index (χ2v) is 5.68. The Balaban J connectivity index is 2.56. The molecular weight excluding hydrogens is 258 g/mol. The van der Waals surface area contributed by atoms with E-state index in [1.165, 1.54) is 6.26 Å². The second-order valence-electron chi connectivity index (χ2n) is 5.68. The van der Waals surface area contributed by atoms with Crippen molar-refractivity contribution in [3.8, 4) is 0 Å². The van der Waals surface area contributed by atoms with Gasteiger partial charge in [-0.1, -0.05) is 13.8 Å². The third kappa shape index (κ3) is 4.94. The first kappa shape index (κ1) is 16.7. The maximum Gasteiger partial charge on any atom is 0.273 e. The average molecular weight is 283 g/mol. The van der Waals surface area contributed by atoms with Gasteiger partial charge in [-0.3, -0.25) is 4.79 Å². The highest BCUT2D eigenvalue weighted by atomic mass is 16.3. The minimum absolute atomic E-state index is 0.0792. The molecule has 6 nitrogen and oxygen atoms in total. The van der Waals surface area contributed by atoms with Crippen LogP contribution >= 0.6 is 0 Å². The molecule has 0 saturated heterocycles. The number of hydrogen-bond acceptors (Lipinski definition) is 5. The van der Waals surface area contributed by atoms with Crippen molar-refractivity contribution in [1.82, 2.24) is 10.3 Å². The zero-order valence-electron chi connectivity index (χ0n) is 12.6. The van der Waals surface area contributed by atoms with Crippen molar-refractivity contribution in [1.29, 1.82) is 0 Å². The van der Waals surface area contributed by atoms with Crippen LogP contribution in [0.4, 0.5) is 0 Å². The Morgan fingerprint density at radius 1 is 1.40 bits per heavy atom. The molecule has 1 amide bonds. The summed E-state index contributed by atoms with van der Waals surface area (Å²) in [6.07, 6.45) is 2.46. The van der Waals surface area contributed by atoms with Crippen LogP contribution < -0.4 is 11.1 Å². The van der Waals surface area contributed by atoms with Gasteiger partial charge in [-0.25, -0.2) is 4.98 Å². The molecular formula is C14H25N3O3. The van der Waals surface area contributed by atoms with E-state index in [1.54, 1.807) is 6.92 Å². The Morgan fingerprint density at radius 3 is 2.60 bits per heavy atom. The lowest BCUT2D eigenvalue weighted by Gasteiger charge is -2.14. The predicted octanol–water partition coefficient (Wildman–Crippen LogP) is 1.61. The van der Waals surface area contributed by atoms with E-state index in [4.69, 9.17) is 10.2 Å². The van der Waals surface area contributed by atoms with Crippen LogP contribution in [0.25, 0.3) is 0 Å². The third-order valence-electron chi connectivity index (χ3n) is 3.11. The van der Waals surface area contributed by atoms with E-state index in [1.807, 2.05) is 6.92 Å². The number of aromatic nitrogens is 1. The van der Waals surface area contributed by atoms with E-state index in [9.17, 15) is 9.90 Å². The Morgan fingerprint density at radius 2 is 2.05 bits per heavy atom. The summed E-state index contributed by atoms with van der Waals surface area (Å²) >= 11 is 0. The summed E-state index contributed by atoms with van der Waals surface area (Å²) in [5, 5.41) is 12.2. The highest BCUT2D eigenvalue weighted by molar-refractivity contribution is 5.92. The van der Waals surface area contributed by atoms with Gasteiger partial charge in [0.25, 0.3) is 5.91 Å². The van der Waals surface area contributed by atoms with Crippen LogP contribution in [0.15, 0.2) is 10.7 Å². The lowest BCUT2D eigenvalue weighted by atomic mass is 10.0. The van der Waals surface area contributed by atoms with Gasteiger partial charge in [0.2, 0.25) is 5.89 Å². The maximum absolute atomic E-state index is 12.0. The maximum atomic E-state index is 12.0. The molecule has 0 aliphatic rings. The van der Waals surface area contributed by atoms with Crippen molar-refractivity contribution < 1.29 is 14.3 Å². The monoisotopic (exact) mass is 283 g/mol. The number of carbonyl (C=O) groups is 1. The fraction of sp³-hybridized carbons (Fsp3) is 0.714. The SMILES string of the molecule is CC(C)CCC(C)NC(=O)c1coc(C(N)C(C)O)n1. The summed E-state index contributed by atoms with van der Waals surface area (Å²) in [4.78, 5) is 16.0. The second kappa shape index (κ2) is 7.40. The van der Waals surface area contributed by atoms with Gasteiger partial charge in [-0.05, 0) is 32.6 Å². The molecule has 114 valence electrons. The molecule has 3 unspecified atom stereocenters. The van der Waals surface area contributed by atoms with E-state index in [0.29, 0.717) is 5.92 Å². The van der Waals surface area contributed by atoms with E-state index in [0.717, 1.165) is 12.8 Å². The molecule has 0 radical (unpaired) electrons. The first-order valence-electron chi connectivity index (χ1n) is 7.01. The van der Waals surface area contributed by atoms with E-state index >= 15 is 0 Å². The summed E-state index contributed by atoms with van der Waals surface area (Å²) in [5.74, 6) is 0.492. The number of aliphatic hydroxyl groups excluding tert-OH is 1. The van der Waals surface area contributed by atoms with Crippen LogP contribution in [0.3, 0.4) is 0 Å². The molecule has 0 spiro atoms. The zero-order chi connectivity index (χ0) is 15.3. The first-order chi connectivity index (χ1) is 9.31. The Labute approximate surface area is 119 Å². The van der Waals surface area contributed by atoms with Crippen LogP contribution in [-0.4, -0.2) is 28.1 Å². The first-order valence-corrected chi connectivity index (χ1v) is 7.01. The summed E-state index contributed by atoms with van der Waals surface area (Å²) in [6.45, 7) is 7.80. The number of nitrogens with two attached hydrogens (primary N) is 1. The van der Waals surface area contributed by atoms with Gasteiger partial charge in [0, 0.05) is 6.04 Å². The molecule has 0 aliphatic heterocycles. The molecule has 1 aromatic rings. The van der Waals surface area contributed by atoms with Gasteiger partial charge in [0.1, 0.15) is 12.3 Å². The smallest absolute Gasteiger partial charge is 0.273 e. The minimum atomic E-state index is -0.783. The van der Waals surface area contributed by atoms with Gasteiger partial charge < -0.3 is 20.6 Å². The normalized spacial score (nSPS) is 15.9. The molecule has 20 heavy (non-hydrogen) atoms. The summed E-state index contributed by atoms with van der Waals surface area (Å²) < 4.78 is 5.13. The molecule has 4 N–H and O–H groups in total. The molecule has 0 bridgehead atoms. The van der Waals surface area contributed by atoms with Crippen LogP contribution in [0.1, 0.15) is 63.0 Å². The Hall–Kier alpha value is -1.40. The molecule has 3 atom stereocenters. The van der Waals surface area contributed by atoms with Crippen molar-refractivity contribution in [2.75, 3.05) is 0 Å². The van der Waals surface area contributed by atoms with Crippen LogP contribution in [0.2, 0.25) is 0 Å². The van der Waals surface area contributed by atoms with Crippen molar-refractivity contribution in [3.63, 3.8) is 0 Å². The number of oxazole rings is 1. The lowest BCUT2D eigenvalue weighted by molar-refractivity contribution is 0.0931. The lowest BCUT2D eigenvalue weighted by Crippen LogP contribution is -2.33. The Kier molecular flexibility index (Phi) is 6.16. The largest absolute Gasteiger partial charge is 0.446 e. The fourth-order valence-corrected chi connectivity index (χ4v) is 1.70. The number of nitrogens with one attached hydrogen (secondary N) is 1. The topological polar surface area (TPSA) is 101 Å². The summed E-state index contributed by atoms with van der Waals surface area (Å²) in [5.41, 5.74) is 5.88. The molecule has 0 aromatic carbocycles. The van der Waals surface area contributed by atoms with Crippen molar-refractivity contribution in [3.05, 3.63) is 17.8 Å². The van der Waals surface area contributed by atoms with Gasteiger partial charge in [-0.2, -0.15) is 0 Å². The number of aliphatic hydroxyl groups is 1. The quantitative estimate of drug-likeness (QED) is 0.705. The van der Waals surface area contributed by atoms with E-state index in [2.05, 4.69) is 24.1 Å². The molecule has 1 heterocycles. The average Bonchev–Trinajstić information content (AvgIpc) is 2.84. The van der Waals surface area contributed by atoms with Crippen molar-refractivity contribution in [2.24, 2.45) is 11.7 Å². The molecule has 6 heteroatoms. The highest BCUT2D eigenvalue weighted by Crippen LogP contribution is 2.14. The summed E-state index contributed by atoms with van der Waals surface area (Å²) in [6, 6.07) is -0.648. The zero-order valence-corrected chi connectivity index (χ0v) is 12.6. The van der Waals surface area contributed by atoms with Gasteiger partial charge in [0.15, 0.2) is 5.69 Å². The number of nitrogens with zero attached hydrogens (tertiary/aromatic N) is 1. The number of rotatable bonds is 7. The van der Waals surface area contributed by atoms with Crippen LogP contribution in [-0.2, 0) is 0 Å². The highest BCUT2D eigenvalue weighted by Gasteiger charge is 2.21. The third-order valence-corrected chi connectivity index (χ3v) is 3.11. The molecule has 0 fully saturated rings. The molecule has 1 rings (SSSR count). The number of amides is 1. The Bertz CT molecular complexity index is 429. The van der Waals surface area contributed by atoms with Crippen molar-refractivity contribution >= 4 is 5.91 Å². The number of hydrogen-bond donors (Lipinski definition) is 3. The van der Waals surface area contributed by atoms with Gasteiger partial charge in [-0.15, -0.1) is 0 Å². The summed E-state index contributed by atoms with van der Waals surface area (Å²) in [7, 11) is 0. The predicted molar refractivity (Wildman–Crippen MR) is 76.1 cm³/mol. The van der Waals surface area contributed by atoms with Crippen molar-refractivity contribution in [2.45, 2.75) is 58.7 Å². The molecule has 1 aromatic heterocycles. The van der Waals surface area contributed by atoms with Gasteiger partial charge >= 0.3 is 0 Å².